The molecular weight excluding hydrogens is 296 g/mol. The van der Waals surface area contributed by atoms with Gasteiger partial charge in [-0.05, 0) is 24.3 Å². The molecule has 0 aliphatic heterocycles. The number of carbonyl (C=O) groups is 1. The molecule has 0 spiro atoms. The van der Waals surface area contributed by atoms with E-state index in [4.69, 9.17) is 0 Å². The van der Waals surface area contributed by atoms with Gasteiger partial charge in [-0.3, -0.25) is 14.6 Å². The van der Waals surface area contributed by atoms with Crippen molar-refractivity contribution in [3.63, 3.8) is 0 Å². The lowest BCUT2D eigenvalue weighted by molar-refractivity contribution is 0.0951. The second kappa shape index (κ2) is 6.10. The number of benzene rings is 1. The van der Waals surface area contributed by atoms with Gasteiger partial charge in [-0.2, -0.15) is 5.10 Å². The maximum atomic E-state index is 12.1. The van der Waals surface area contributed by atoms with E-state index in [2.05, 4.69) is 20.5 Å². The minimum absolute atomic E-state index is 0.380. The van der Waals surface area contributed by atoms with Crippen LogP contribution in [-0.4, -0.2) is 27.2 Å². The van der Waals surface area contributed by atoms with E-state index in [0.29, 0.717) is 16.6 Å². The van der Waals surface area contributed by atoms with Crippen molar-refractivity contribution in [2.75, 3.05) is 0 Å². The number of aromatic nitrogens is 2. The summed E-state index contributed by atoms with van der Waals surface area (Å²) in [6.07, 6.45) is 2.92. The van der Waals surface area contributed by atoms with Crippen LogP contribution >= 0.6 is 0 Å². The summed E-state index contributed by atoms with van der Waals surface area (Å²) in [6.45, 7) is 0. The van der Waals surface area contributed by atoms with Crippen molar-refractivity contribution in [2.24, 2.45) is 5.10 Å². The standard InChI is InChI=1S/C16H12N4O3/c21-14-11-6-1-2-7-12(11)19-15(22)13(14)16(23)20-18-9-10-5-3-4-8-17-10/h1-9H,(H,20,23)(H2,19,21,22)/b18-9-. The molecule has 0 unspecified atom stereocenters. The number of hydrogen-bond donors (Lipinski definition) is 3. The first kappa shape index (κ1) is 14.5. The molecule has 23 heavy (non-hydrogen) atoms. The van der Waals surface area contributed by atoms with Crippen molar-refractivity contribution >= 4 is 23.0 Å². The van der Waals surface area contributed by atoms with E-state index >= 15 is 0 Å². The second-order valence-corrected chi connectivity index (χ2v) is 4.68. The number of carbonyl (C=O) groups excluding carboxylic acids is 1. The molecule has 1 amide bonds. The van der Waals surface area contributed by atoms with E-state index in [9.17, 15) is 14.7 Å². The number of pyridine rings is 2. The molecule has 7 nitrogen and oxygen atoms in total. The molecule has 0 saturated heterocycles. The number of nitrogens with zero attached hydrogens (tertiary/aromatic N) is 2. The smallest absolute Gasteiger partial charge is 0.280 e. The van der Waals surface area contributed by atoms with E-state index in [0.717, 1.165) is 0 Å². The number of fused-ring (bicyclic) bond motifs is 1. The van der Waals surface area contributed by atoms with Crippen LogP contribution in [0.25, 0.3) is 10.9 Å². The number of para-hydroxylation sites is 1. The SMILES string of the molecule is O=C(N/N=C\c1ccccn1)c1c(O)c2ccccc2[nH]c1=O. The summed E-state index contributed by atoms with van der Waals surface area (Å²) in [5, 5.41) is 14.3. The van der Waals surface area contributed by atoms with Crippen molar-refractivity contribution in [1.82, 2.24) is 15.4 Å². The van der Waals surface area contributed by atoms with Crippen molar-refractivity contribution < 1.29 is 9.90 Å². The van der Waals surface area contributed by atoms with Crippen LogP contribution < -0.4 is 11.0 Å². The van der Waals surface area contributed by atoms with Crippen LogP contribution in [0.3, 0.4) is 0 Å². The number of hydrazone groups is 1. The third-order valence-electron chi connectivity index (χ3n) is 3.17. The third kappa shape index (κ3) is 2.93. The van der Waals surface area contributed by atoms with Gasteiger partial charge in [0.1, 0.15) is 11.3 Å². The van der Waals surface area contributed by atoms with E-state index in [-0.39, 0.29) is 11.3 Å². The molecule has 0 fully saturated rings. The molecule has 3 aromatic rings. The predicted octanol–water partition coefficient (Wildman–Crippen LogP) is 1.39. The Morgan fingerprint density at radius 3 is 2.78 bits per heavy atom. The van der Waals surface area contributed by atoms with Gasteiger partial charge in [-0.1, -0.05) is 18.2 Å². The van der Waals surface area contributed by atoms with Gasteiger partial charge in [0, 0.05) is 11.6 Å². The molecule has 2 aromatic heterocycles. The van der Waals surface area contributed by atoms with Gasteiger partial charge in [0.15, 0.2) is 0 Å². The fourth-order valence-electron chi connectivity index (χ4n) is 2.10. The van der Waals surface area contributed by atoms with E-state index in [1.165, 1.54) is 6.21 Å². The van der Waals surface area contributed by atoms with Gasteiger partial charge in [0.05, 0.1) is 17.4 Å². The molecule has 1 aromatic carbocycles. The Labute approximate surface area is 130 Å². The molecule has 0 radical (unpaired) electrons. The molecule has 2 heterocycles. The maximum Gasteiger partial charge on any atom is 0.280 e. The van der Waals surface area contributed by atoms with Crippen LogP contribution in [-0.2, 0) is 0 Å². The Morgan fingerprint density at radius 1 is 1.22 bits per heavy atom. The lowest BCUT2D eigenvalue weighted by atomic mass is 10.1. The van der Waals surface area contributed by atoms with Crippen molar-refractivity contribution in [3.8, 4) is 5.75 Å². The quantitative estimate of drug-likeness (QED) is 0.502. The topological polar surface area (TPSA) is 107 Å². The highest BCUT2D eigenvalue weighted by Crippen LogP contribution is 2.24. The highest BCUT2D eigenvalue weighted by Gasteiger charge is 2.18. The van der Waals surface area contributed by atoms with Gasteiger partial charge in [-0.15, -0.1) is 0 Å². The Morgan fingerprint density at radius 2 is 2.00 bits per heavy atom. The number of aromatic amines is 1. The maximum absolute atomic E-state index is 12.1. The summed E-state index contributed by atoms with van der Waals surface area (Å²) in [5.41, 5.74) is 2.12. The predicted molar refractivity (Wildman–Crippen MR) is 85.5 cm³/mol. The summed E-state index contributed by atoms with van der Waals surface area (Å²) >= 11 is 0. The molecule has 0 saturated carbocycles. The lowest BCUT2D eigenvalue weighted by Gasteiger charge is -2.05. The lowest BCUT2D eigenvalue weighted by Crippen LogP contribution is -2.26. The summed E-state index contributed by atoms with van der Waals surface area (Å²) in [4.78, 5) is 30.6. The van der Waals surface area contributed by atoms with Gasteiger partial charge in [-0.25, -0.2) is 5.43 Å². The average molecular weight is 308 g/mol. The summed E-state index contributed by atoms with van der Waals surface area (Å²) in [5.74, 6) is -1.18. The third-order valence-corrected chi connectivity index (χ3v) is 3.17. The number of amides is 1. The van der Waals surface area contributed by atoms with Crippen molar-refractivity contribution in [3.05, 3.63) is 70.3 Å². The zero-order valence-electron chi connectivity index (χ0n) is 11.9. The van der Waals surface area contributed by atoms with Crippen LogP contribution in [0.2, 0.25) is 0 Å². The van der Waals surface area contributed by atoms with E-state index in [1.54, 1.807) is 48.7 Å². The minimum atomic E-state index is -0.804. The molecule has 3 rings (SSSR count). The van der Waals surface area contributed by atoms with Gasteiger partial charge in [0.2, 0.25) is 0 Å². The molecule has 7 heteroatoms. The molecule has 114 valence electrons. The van der Waals surface area contributed by atoms with Crippen molar-refractivity contribution in [1.29, 1.82) is 0 Å². The number of H-pyrrole nitrogens is 1. The van der Waals surface area contributed by atoms with Crippen LogP contribution in [0.5, 0.6) is 5.75 Å². The first-order chi connectivity index (χ1) is 11.2. The molecule has 0 aliphatic carbocycles. The Bertz CT molecular complexity index is 948. The van der Waals surface area contributed by atoms with Gasteiger partial charge in [0.25, 0.3) is 11.5 Å². The average Bonchev–Trinajstić information content (AvgIpc) is 2.56. The minimum Gasteiger partial charge on any atom is -0.506 e. The van der Waals surface area contributed by atoms with Crippen LogP contribution in [0.4, 0.5) is 0 Å². The molecular formula is C16H12N4O3. The summed E-state index contributed by atoms with van der Waals surface area (Å²) < 4.78 is 0. The number of hydrogen-bond acceptors (Lipinski definition) is 5. The first-order valence-electron chi connectivity index (χ1n) is 6.75. The van der Waals surface area contributed by atoms with Crippen molar-refractivity contribution in [2.45, 2.75) is 0 Å². The van der Waals surface area contributed by atoms with E-state index in [1.807, 2.05) is 0 Å². The molecule has 0 bridgehead atoms. The van der Waals surface area contributed by atoms with Gasteiger partial charge < -0.3 is 10.1 Å². The second-order valence-electron chi connectivity index (χ2n) is 4.68. The monoisotopic (exact) mass is 308 g/mol. The highest BCUT2D eigenvalue weighted by atomic mass is 16.3. The molecule has 0 atom stereocenters. The molecule has 0 aliphatic rings. The highest BCUT2D eigenvalue weighted by molar-refractivity contribution is 6.02. The normalized spacial score (nSPS) is 11.0. The Hall–Kier alpha value is -3.48. The largest absolute Gasteiger partial charge is 0.506 e. The summed E-state index contributed by atoms with van der Waals surface area (Å²) in [7, 11) is 0. The zero-order chi connectivity index (χ0) is 16.2. The fourth-order valence-corrected chi connectivity index (χ4v) is 2.10. The van der Waals surface area contributed by atoms with Gasteiger partial charge >= 0.3 is 0 Å². The van der Waals surface area contributed by atoms with E-state index < -0.39 is 11.5 Å². The zero-order valence-corrected chi connectivity index (χ0v) is 11.9. The van der Waals surface area contributed by atoms with Crippen LogP contribution in [0.1, 0.15) is 16.1 Å². The number of nitrogens with one attached hydrogen (secondary N) is 2. The number of rotatable bonds is 3. The van der Waals surface area contributed by atoms with Crippen LogP contribution in [0.15, 0.2) is 58.6 Å². The summed E-state index contributed by atoms with van der Waals surface area (Å²) in [6, 6.07) is 11.9. The first-order valence-corrected chi connectivity index (χ1v) is 6.75. The Balaban J connectivity index is 1.89. The fraction of sp³-hybridized carbons (Fsp3) is 0. The van der Waals surface area contributed by atoms with Crippen LogP contribution in [0, 0.1) is 0 Å². The molecule has 3 N–H and O–H groups in total. The number of aromatic hydroxyl groups is 1. The Kier molecular flexibility index (Phi) is 3.84.